The quantitative estimate of drug-likeness (QED) is 0.619. The average molecular weight is 304 g/mol. The molecule has 0 heterocycles. The molecule has 0 spiro atoms. The van der Waals surface area contributed by atoms with Crippen molar-refractivity contribution in [3.63, 3.8) is 0 Å². The van der Waals surface area contributed by atoms with Crippen LogP contribution in [0.2, 0.25) is 5.02 Å². The zero-order chi connectivity index (χ0) is 13.4. The maximum atomic E-state index is 6.19. The zero-order valence-electron chi connectivity index (χ0n) is 11.2. The van der Waals surface area contributed by atoms with Crippen LogP contribution < -0.4 is 14.8 Å². The van der Waals surface area contributed by atoms with Crippen LogP contribution in [0.3, 0.4) is 0 Å². The minimum atomic E-state index is 0. The maximum absolute atomic E-state index is 6.19. The fraction of sp³-hybridized carbons (Fsp3) is 0.429. The second kappa shape index (κ2) is 9.80. The summed E-state index contributed by atoms with van der Waals surface area (Å²) < 4.78 is 10.9. The van der Waals surface area contributed by atoms with E-state index in [9.17, 15) is 0 Å². The number of methoxy groups -OCH3 is 1. The van der Waals surface area contributed by atoms with E-state index >= 15 is 0 Å². The highest BCUT2D eigenvalue weighted by atomic mass is 35.5. The Morgan fingerprint density at radius 2 is 2.16 bits per heavy atom. The molecular formula is C14H19Cl2NO2. The monoisotopic (exact) mass is 303 g/mol. The molecular weight excluding hydrogens is 285 g/mol. The highest BCUT2D eigenvalue weighted by Crippen LogP contribution is 2.36. The number of benzene rings is 1. The van der Waals surface area contributed by atoms with E-state index in [1.807, 2.05) is 19.1 Å². The first kappa shape index (κ1) is 17.9. The van der Waals surface area contributed by atoms with Crippen LogP contribution in [0.15, 0.2) is 12.1 Å². The predicted molar refractivity (Wildman–Crippen MR) is 81.6 cm³/mol. The van der Waals surface area contributed by atoms with Gasteiger partial charge >= 0.3 is 0 Å². The third-order valence-corrected chi connectivity index (χ3v) is 2.58. The Kier molecular flexibility index (Phi) is 9.24. The molecule has 0 atom stereocenters. The van der Waals surface area contributed by atoms with Crippen LogP contribution in [0, 0.1) is 12.3 Å². The van der Waals surface area contributed by atoms with Crippen molar-refractivity contribution in [2.45, 2.75) is 19.9 Å². The van der Waals surface area contributed by atoms with E-state index in [-0.39, 0.29) is 12.4 Å². The predicted octanol–water partition coefficient (Wildman–Crippen LogP) is 3.28. The summed E-state index contributed by atoms with van der Waals surface area (Å²) in [7, 11) is 1.60. The van der Waals surface area contributed by atoms with Crippen LogP contribution in [0.4, 0.5) is 0 Å². The van der Waals surface area contributed by atoms with E-state index in [1.54, 1.807) is 7.11 Å². The standard InChI is InChI=1S/C14H18ClNO2.ClH/c1-4-6-16-10-11-8-12(15)14(18-7-5-2)13(9-11)17-3;/h1,8-9,16H,5-7,10H2,2-3H3;1H. The van der Waals surface area contributed by atoms with E-state index < -0.39 is 0 Å². The first-order valence-corrected chi connectivity index (χ1v) is 6.24. The number of halogens is 2. The van der Waals surface area contributed by atoms with Gasteiger partial charge in [0.15, 0.2) is 11.5 Å². The molecule has 1 aromatic rings. The van der Waals surface area contributed by atoms with Crippen LogP contribution in [0.25, 0.3) is 0 Å². The summed E-state index contributed by atoms with van der Waals surface area (Å²) in [6, 6.07) is 3.76. The van der Waals surface area contributed by atoms with Crippen molar-refractivity contribution < 1.29 is 9.47 Å². The van der Waals surface area contributed by atoms with Gasteiger partial charge in [-0.1, -0.05) is 24.4 Å². The van der Waals surface area contributed by atoms with Crippen molar-refractivity contribution in [3.05, 3.63) is 22.7 Å². The third kappa shape index (κ3) is 5.61. The molecule has 3 nitrogen and oxygen atoms in total. The number of hydrogen-bond donors (Lipinski definition) is 1. The molecule has 0 amide bonds. The van der Waals surface area contributed by atoms with Crippen molar-refractivity contribution in [2.24, 2.45) is 0 Å². The molecule has 1 N–H and O–H groups in total. The minimum Gasteiger partial charge on any atom is -0.493 e. The lowest BCUT2D eigenvalue weighted by atomic mass is 10.2. The van der Waals surface area contributed by atoms with Crippen LogP contribution >= 0.6 is 24.0 Å². The molecule has 0 aliphatic rings. The lowest BCUT2D eigenvalue weighted by molar-refractivity contribution is 0.294. The normalized spacial score (nSPS) is 9.37. The highest BCUT2D eigenvalue weighted by Gasteiger charge is 2.11. The topological polar surface area (TPSA) is 30.5 Å². The van der Waals surface area contributed by atoms with E-state index in [0.29, 0.717) is 36.2 Å². The molecule has 0 saturated heterocycles. The fourth-order valence-electron chi connectivity index (χ4n) is 1.50. The van der Waals surface area contributed by atoms with Gasteiger partial charge in [-0.05, 0) is 24.1 Å². The molecule has 0 saturated carbocycles. The van der Waals surface area contributed by atoms with E-state index in [0.717, 1.165) is 12.0 Å². The number of hydrogen-bond acceptors (Lipinski definition) is 3. The second-order valence-electron chi connectivity index (χ2n) is 3.77. The minimum absolute atomic E-state index is 0. The molecule has 0 radical (unpaired) electrons. The summed E-state index contributed by atoms with van der Waals surface area (Å²) in [6.45, 7) is 3.83. The number of terminal acetylenes is 1. The van der Waals surface area contributed by atoms with Crippen molar-refractivity contribution in [3.8, 4) is 23.8 Å². The molecule has 106 valence electrons. The Morgan fingerprint density at radius 3 is 2.74 bits per heavy atom. The Labute approximate surface area is 126 Å². The van der Waals surface area contributed by atoms with Crippen LogP contribution in [0.1, 0.15) is 18.9 Å². The van der Waals surface area contributed by atoms with E-state index in [1.165, 1.54) is 0 Å². The molecule has 0 bridgehead atoms. The summed E-state index contributed by atoms with van der Waals surface area (Å²) in [5.74, 6) is 3.77. The molecule has 1 aromatic carbocycles. The van der Waals surface area contributed by atoms with Gasteiger partial charge in [0.1, 0.15) is 0 Å². The average Bonchev–Trinajstić information content (AvgIpc) is 2.37. The smallest absolute Gasteiger partial charge is 0.179 e. The largest absolute Gasteiger partial charge is 0.493 e. The first-order chi connectivity index (χ1) is 8.72. The highest BCUT2D eigenvalue weighted by molar-refractivity contribution is 6.32. The molecule has 19 heavy (non-hydrogen) atoms. The Morgan fingerprint density at radius 1 is 1.42 bits per heavy atom. The van der Waals surface area contributed by atoms with Gasteiger partial charge in [-0.3, -0.25) is 0 Å². The summed E-state index contributed by atoms with van der Waals surface area (Å²) in [4.78, 5) is 0. The van der Waals surface area contributed by atoms with Crippen molar-refractivity contribution in [2.75, 3.05) is 20.3 Å². The van der Waals surface area contributed by atoms with Gasteiger partial charge < -0.3 is 14.8 Å². The fourth-order valence-corrected chi connectivity index (χ4v) is 1.79. The van der Waals surface area contributed by atoms with Crippen molar-refractivity contribution in [1.82, 2.24) is 5.32 Å². The van der Waals surface area contributed by atoms with Gasteiger partial charge in [0.2, 0.25) is 0 Å². The van der Waals surface area contributed by atoms with Gasteiger partial charge in [-0.15, -0.1) is 18.8 Å². The summed E-state index contributed by atoms with van der Waals surface area (Å²) >= 11 is 6.19. The summed E-state index contributed by atoms with van der Waals surface area (Å²) in [6.07, 6.45) is 6.10. The Hall–Kier alpha value is -1.08. The number of nitrogens with one attached hydrogen (secondary N) is 1. The van der Waals surface area contributed by atoms with E-state index in [2.05, 4.69) is 11.2 Å². The molecule has 0 aliphatic carbocycles. The number of ether oxygens (including phenoxy) is 2. The van der Waals surface area contributed by atoms with Crippen molar-refractivity contribution >= 4 is 24.0 Å². The lowest BCUT2D eigenvalue weighted by Crippen LogP contribution is -2.13. The third-order valence-electron chi connectivity index (χ3n) is 2.30. The Balaban J connectivity index is 0.00000324. The lowest BCUT2D eigenvalue weighted by Gasteiger charge is -2.13. The molecule has 5 heteroatoms. The van der Waals surface area contributed by atoms with Gasteiger partial charge in [-0.2, -0.15) is 0 Å². The molecule has 0 aliphatic heterocycles. The van der Waals surface area contributed by atoms with Crippen LogP contribution in [-0.4, -0.2) is 20.3 Å². The first-order valence-electron chi connectivity index (χ1n) is 5.86. The number of rotatable bonds is 7. The SMILES string of the molecule is C#CCNCc1cc(Cl)c(OCCC)c(OC)c1.Cl. The summed E-state index contributed by atoms with van der Waals surface area (Å²) in [5.41, 5.74) is 1.01. The van der Waals surface area contributed by atoms with Crippen LogP contribution in [-0.2, 0) is 6.54 Å². The van der Waals surface area contributed by atoms with Crippen LogP contribution in [0.5, 0.6) is 11.5 Å². The van der Waals surface area contributed by atoms with Gasteiger partial charge in [-0.25, -0.2) is 0 Å². The van der Waals surface area contributed by atoms with E-state index in [4.69, 9.17) is 27.5 Å². The maximum Gasteiger partial charge on any atom is 0.179 e. The van der Waals surface area contributed by atoms with Gasteiger partial charge in [0, 0.05) is 6.54 Å². The molecule has 1 rings (SSSR count). The van der Waals surface area contributed by atoms with Gasteiger partial charge in [0.05, 0.1) is 25.3 Å². The van der Waals surface area contributed by atoms with Crippen molar-refractivity contribution in [1.29, 1.82) is 0 Å². The second-order valence-corrected chi connectivity index (χ2v) is 4.17. The zero-order valence-corrected chi connectivity index (χ0v) is 12.7. The molecule has 0 aromatic heterocycles. The Bertz CT molecular complexity index is 430. The summed E-state index contributed by atoms with van der Waals surface area (Å²) in [5, 5.41) is 3.66. The van der Waals surface area contributed by atoms with Gasteiger partial charge in [0.25, 0.3) is 0 Å². The molecule has 0 unspecified atom stereocenters. The molecule has 0 fully saturated rings.